The van der Waals surface area contributed by atoms with E-state index >= 15 is 0 Å². The number of carbonyl (C=O) groups is 1. The largest absolute Gasteiger partial charge is 0.504 e. The number of benzene rings is 1. The summed E-state index contributed by atoms with van der Waals surface area (Å²) in [5.41, 5.74) is 3.52. The van der Waals surface area contributed by atoms with Crippen molar-refractivity contribution in [1.82, 2.24) is 10.4 Å². The fraction of sp³-hybridized carbons (Fsp3) is 0.133. The number of carbonyl (C=O) groups excluding carboxylic acids is 1. The number of aromatic nitrogens is 1. The van der Waals surface area contributed by atoms with Gasteiger partial charge in [-0.1, -0.05) is 0 Å². The molecule has 2 rings (SSSR count). The Hall–Kier alpha value is -2.89. The maximum absolute atomic E-state index is 11.7. The van der Waals surface area contributed by atoms with Gasteiger partial charge in [0, 0.05) is 12.4 Å². The maximum Gasteiger partial charge on any atom is 0.272 e. The van der Waals surface area contributed by atoms with E-state index in [2.05, 4.69) is 15.5 Å². The number of rotatable bonds is 5. The zero-order valence-electron chi connectivity index (χ0n) is 11.5. The fourth-order valence-corrected chi connectivity index (χ4v) is 1.61. The van der Waals surface area contributed by atoms with Gasteiger partial charge in [-0.15, -0.1) is 0 Å². The molecule has 0 atom stereocenters. The summed E-state index contributed by atoms with van der Waals surface area (Å²) in [5, 5.41) is 13.4. The second kappa shape index (κ2) is 7.04. The molecule has 2 N–H and O–H groups in total. The van der Waals surface area contributed by atoms with E-state index in [9.17, 15) is 9.90 Å². The molecular weight excluding hydrogens is 270 g/mol. The first-order valence-electron chi connectivity index (χ1n) is 6.40. The summed E-state index contributed by atoms with van der Waals surface area (Å²) in [4.78, 5) is 15.6. The van der Waals surface area contributed by atoms with Gasteiger partial charge < -0.3 is 9.84 Å². The van der Waals surface area contributed by atoms with Crippen LogP contribution < -0.4 is 10.2 Å². The number of nitrogens with zero attached hydrogens (tertiary/aromatic N) is 2. The first-order valence-corrected chi connectivity index (χ1v) is 6.40. The van der Waals surface area contributed by atoms with Crippen molar-refractivity contribution in [2.75, 3.05) is 6.61 Å². The van der Waals surface area contributed by atoms with Gasteiger partial charge in [-0.3, -0.25) is 9.78 Å². The van der Waals surface area contributed by atoms with Gasteiger partial charge in [-0.2, -0.15) is 5.10 Å². The average molecular weight is 285 g/mol. The van der Waals surface area contributed by atoms with Gasteiger partial charge in [0.15, 0.2) is 11.5 Å². The maximum atomic E-state index is 11.7. The lowest BCUT2D eigenvalue weighted by molar-refractivity contribution is 0.0955. The molecule has 0 aliphatic heterocycles. The summed E-state index contributed by atoms with van der Waals surface area (Å²) >= 11 is 0. The Labute approximate surface area is 122 Å². The van der Waals surface area contributed by atoms with E-state index in [1.54, 1.807) is 30.5 Å². The minimum Gasteiger partial charge on any atom is -0.504 e. The minimum atomic E-state index is -0.344. The Kier molecular flexibility index (Phi) is 4.87. The summed E-state index contributed by atoms with van der Waals surface area (Å²) in [7, 11) is 0. The Morgan fingerprint density at radius 3 is 3.05 bits per heavy atom. The van der Waals surface area contributed by atoms with Crippen LogP contribution in [-0.4, -0.2) is 28.8 Å². The topological polar surface area (TPSA) is 83.8 Å². The van der Waals surface area contributed by atoms with Gasteiger partial charge >= 0.3 is 0 Å². The van der Waals surface area contributed by atoms with Crippen LogP contribution in [0.1, 0.15) is 22.8 Å². The molecule has 1 aromatic heterocycles. The number of amides is 1. The molecule has 0 radical (unpaired) electrons. The van der Waals surface area contributed by atoms with Crippen LogP contribution in [0.4, 0.5) is 0 Å². The highest BCUT2D eigenvalue weighted by Crippen LogP contribution is 2.26. The molecule has 0 unspecified atom stereocenters. The molecule has 1 aromatic carbocycles. The Morgan fingerprint density at radius 2 is 2.33 bits per heavy atom. The van der Waals surface area contributed by atoms with E-state index in [0.29, 0.717) is 23.5 Å². The highest BCUT2D eigenvalue weighted by atomic mass is 16.5. The first kappa shape index (κ1) is 14.5. The SMILES string of the molecule is CCOc1cc(/C=N\NC(=O)c2cccnc2)ccc1O. The van der Waals surface area contributed by atoms with Crippen molar-refractivity contribution in [2.45, 2.75) is 6.92 Å². The number of phenols is 1. The van der Waals surface area contributed by atoms with Gasteiger partial charge in [0.05, 0.1) is 18.4 Å². The molecule has 0 spiro atoms. The third-order valence-corrected chi connectivity index (χ3v) is 2.59. The third-order valence-electron chi connectivity index (χ3n) is 2.59. The molecular formula is C15H15N3O3. The number of hydrogen-bond donors (Lipinski definition) is 2. The highest BCUT2D eigenvalue weighted by Gasteiger charge is 2.04. The smallest absolute Gasteiger partial charge is 0.272 e. The number of pyridine rings is 1. The zero-order chi connectivity index (χ0) is 15.1. The lowest BCUT2D eigenvalue weighted by Gasteiger charge is -2.06. The Bertz CT molecular complexity index is 642. The summed E-state index contributed by atoms with van der Waals surface area (Å²) in [6, 6.07) is 8.13. The number of ether oxygens (including phenoxy) is 1. The minimum absolute atomic E-state index is 0.0633. The highest BCUT2D eigenvalue weighted by molar-refractivity contribution is 5.94. The quantitative estimate of drug-likeness (QED) is 0.649. The molecule has 0 fully saturated rings. The summed E-state index contributed by atoms with van der Waals surface area (Å²) in [6.07, 6.45) is 4.51. The molecule has 6 nitrogen and oxygen atoms in total. The van der Waals surface area contributed by atoms with Crippen LogP contribution in [0, 0.1) is 0 Å². The lowest BCUT2D eigenvalue weighted by atomic mass is 10.2. The van der Waals surface area contributed by atoms with Crippen molar-refractivity contribution >= 4 is 12.1 Å². The van der Waals surface area contributed by atoms with Crippen molar-refractivity contribution in [1.29, 1.82) is 0 Å². The third kappa shape index (κ3) is 4.04. The van der Waals surface area contributed by atoms with Gasteiger partial charge in [-0.25, -0.2) is 5.43 Å². The van der Waals surface area contributed by atoms with Crippen LogP contribution >= 0.6 is 0 Å². The van der Waals surface area contributed by atoms with Crippen LogP contribution in [0.3, 0.4) is 0 Å². The first-order chi connectivity index (χ1) is 10.2. The average Bonchev–Trinajstić information content (AvgIpc) is 2.51. The van der Waals surface area contributed by atoms with Crippen molar-refractivity contribution in [3.8, 4) is 11.5 Å². The van der Waals surface area contributed by atoms with Crippen molar-refractivity contribution in [3.63, 3.8) is 0 Å². The summed E-state index contributed by atoms with van der Waals surface area (Å²) in [5.74, 6) is 0.0941. The van der Waals surface area contributed by atoms with Crippen molar-refractivity contribution in [2.24, 2.45) is 5.10 Å². The molecule has 6 heteroatoms. The molecule has 21 heavy (non-hydrogen) atoms. The van der Waals surface area contributed by atoms with E-state index < -0.39 is 0 Å². The predicted molar refractivity (Wildman–Crippen MR) is 78.6 cm³/mol. The van der Waals surface area contributed by atoms with E-state index in [1.165, 1.54) is 18.5 Å². The molecule has 0 aliphatic rings. The number of hydrazone groups is 1. The van der Waals surface area contributed by atoms with Crippen molar-refractivity contribution < 1.29 is 14.6 Å². The second-order valence-corrected chi connectivity index (χ2v) is 4.10. The van der Waals surface area contributed by atoms with Crippen LogP contribution in [0.25, 0.3) is 0 Å². The monoisotopic (exact) mass is 285 g/mol. The Balaban J connectivity index is 2.01. The fourth-order valence-electron chi connectivity index (χ4n) is 1.61. The lowest BCUT2D eigenvalue weighted by Crippen LogP contribution is -2.17. The molecule has 0 aliphatic carbocycles. The van der Waals surface area contributed by atoms with Crippen LogP contribution in [0.2, 0.25) is 0 Å². The molecule has 108 valence electrons. The second-order valence-electron chi connectivity index (χ2n) is 4.10. The number of aromatic hydroxyl groups is 1. The molecule has 1 heterocycles. The molecule has 0 bridgehead atoms. The van der Waals surface area contributed by atoms with Crippen molar-refractivity contribution in [3.05, 3.63) is 53.9 Å². The predicted octanol–water partition coefficient (Wildman–Crippen LogP) is 1.95. The summed E-state index contributed by atoms with van der Waals surface area (Å²) < 4.78 is 5.27. The van der Waals surface area contributed by atoms with Crippen LogP contribution in [0.5, 0.6) is 11.5 Å². The molecule has 2 aromatic rings. The normalized spacial score (nSPS) is 10.5. The zero-order valence-corrected chi connectivity index (χ0v) is 11.5. The number of hydrogen-bond acceptors (Lipinski definition) is 5. The van der Waals surface area contributed by atoms with Gasteiger partial charge in [0.2, 0.25) is 0 Å². The van der Waals surface area contributed by atoms with E-state index in [-0.39, 0.29) is 11.7 Å². The van der Waals surface area contributed by atoms with E-state index in [4.69, 9.17) is 4.74 Å². The number of nitrogens with one attached hydrogen (secondary N) is 1. The molecule has 0 saturated heterocycles. The molecule has 1 amide bonds. The van der Waals surface area contributed by atoms with Gasteiger partial charge in [-0.05, 0) is 42.8 Å². The van der Waals surface area contributed by atoms with E-state index in [0.717, 1.165) is 0 Å². The van der Waals surface area contributed by atoms with Gasteiger partial charge in [0.1, 0.15) is 0 Å². The Morgan fingerprint density at radius 1 is 1.48 bits per heavy atom. The van der Waals surface area contributed by atoms with Crippen LogP contribution in [0.15, 0.2) is 47.8 Å². The summed E-state index contributed by atoms with van der Waals surface area (Å²) in [6.45, 7) is 2.28. The molecule has 0 saturated carbocycles. The van der Waals surface area contributed by atoms with Crippen LogP contribution in [-0.2, 0) is 0 Å². The van der Waals surface area contributed by atoms with Gasteiger partial charge in [0.25, 0.3) is 5.91 Å². The standard InChI is InChI=1S/C15H15N3O3/c1-2-21-14-8-11(5-6-13(14)19)9-17-18-15(20)12-4-3-7-16-10-12/h3-10,19H,2H2,1H3,(H,18,20)/b17-9-. The van der Waals surface area contributed by atoms with E-state index in [1.807, 2.05) is 6.92 Å². The number of phenolic OH excluding ortho intramolecular Hbond substituents is 1.